The van der Waals surface area contributed by atoms with Crippen LogP contribution in [0.15, 0.2) is 18.2 Å². The van der Waals surface area contributed by atoms with Crippen molar-refractivity contribution in [3.8, 4) is 5.75 Å². The number of hydrogen-bond donors (Lipinski definition) is 1. The first kappa shape index (κ1) is 10.1. The van der Waals surface area contributed by atoms with Crippen LogP contribution in [0.3, 0.4) is 0 Å². The largest absolute Gasteiger partial charge is 0.495 e. The second kappa shape index (κ2) is 4.01. The molecule has 0 amide bonds. The molecule has 0 saturated heterocycles. The third-order valence-electron chi connectivity index (χ3n) is 2.81. The molecule has 1 heterocycles. The van der Waals surface area contributed by atoms with E-state index < -0.39 is 0 Å². The van der Waals surface area contributed by atoms with Crippen LogP contribution in [0.5, 0.6) is 5.75 Å². The molecule has 0 fully saturated rings. The summed E-state index contributed by atoms with van der Waals surface area (Å²) in [7, 11) is 1.71. The third kappa shape index (κ3) is 1.74. The number of hydrogen-bond acceptors (Lipinski definition) is 3. The number of methoxy groups -OCH3 is 1. The van der Waals surface area contributed by atoms with E-state index in [0.717, 1.165) is 24.5 Å². The first-order valence-corrected chi connectivity index (χ1v) is 5.41. The van der Waals surface area contributed by atoms with Crippen molar-refractivity contribution in [1.82, 2.24) is 0 Å². The molecule has 0 radical (unpaired) electrons. The van der Waals surface area contributed by atoms with Crippen LogP contribution in [0.2, 0.25) is 0 Å². The first-order valence-electron chi connectivity index (χ1n) is 5.41. The van der Waals surface area contributed by atoms with Gasteiger partial charge in [-0.15, -0.1) is 0 Å². The molecule has 2 rings (SSSR count). The number of para-hydroxylation sites is 1. The van der Waals surface area contributed by atoms with Gasteiger partial charge in [0.15, 0.2) is 0 Å². The Morgan fingerprint density at radius 3 is 2.87 bits per heavy atom. The quantitative estimate of drug-likeness (QED) is 0.803. The van der Waals surface area contributed by atoms with Crippen LogP contribution in [-0.2, 0) is 0 Å². The SMILES string of the molecule is COc1cccc2c1NCCN2C(C)C. The molecule has 15 heavy (non-hydrogen) atoms. The Hall–Kier alpha value is -1.38. The summed E-state index contributed by atoms with van der Waals surface area (Å²) in [6.45, 7) is 6.46. The van der Waals surface area contributed by atoms with E-state index in [9.17, 15) is 0 Å². The van der Waals surface area contributed by atoms with Crippen molar-refractivity contribution in [2.75, 3.05) is 30.4 Å². The number of anilines is 2. The van der Waals surface area contributed by atoms with Crippen molar-refractivity contribution in [3.63, 3.8) is 0 Å². The first-order chi connectivity index (χ1) is 7.24. The molecule has 0 bridgehead atoms. The highest BCUT2D eigenvalue weighted by Crippen LogP contribution is 2.37. The molecule has 1 aliphatic rings. The fourth-order valence-electron chi connectivity index (χ4n) is 2.06. The van der Waals surface area contributed by atoms with Crippen LogP contribution in [-0.4, -0.2) is 26.2 Å². The summed E-state index contributed by atoms with van der Waals surface area (Å²) >= 11 is 0. The van der Waals surface area contributed by atoms with Crippen LogP contribution in [0.4, 0.5) is 11.4 Å². The lowest BCUT2D eigenvalue weighted by Crippen LogP contribution is -2.38. The maximum Gasteiger partial charge on any atom is 0.144 e. The molecule has 1 aliphatic heterocycles. The predicted molar refractivity (Wildman–Crippen MR) is 64.0 cm³/mol. The molecule has 0 aromatic heterocycles. The second-order valence-electron chi connectivity index (χ2n) is 4.07. The van der Waals surface area contributed by atoms with Gasteiger partial charge in [-0.3, -0.25) is 0 Å². The van der Waals surface area contributed by atoms with Gasteiger partial charge in [0.2, 0.25) is 0 Å². The summed E-state index contributed by atoms with van der Waals surface area (Å²) in [5, 5.41) is 3.40. The monoisotopic (exact) mass is 206 g/mol. The van der Waals surface area contributed by atoms with Crippen molar-refractivity contribution in [1.29, 1.82) is 0 Å². The standard InChI is InChI=1S/C12H18N2O/c1-9(2)14-8-7-13-12-10(14)5-4-6-11(12)15-3/h4-6,9,13H,7-8H2,1-3H3. The topological polar surface area (TPSA) is 24.5 Å². The highest BCUT2D eigenvalue weighted by atomic mass is 16.5. The van der Waals surface area contributed by atoms with Crippen LogP contribution in [0, 0.1) is 0 Å². The van der Waals surface area contributed by atoms with Gasteiger partial charge in [0.25, 0.3) is 0 Å². The Bertz CT molecular complexity index is 349. The average molecular weight is 206 g/mol. The maximum absolute atomic E-state index is 5.35. The van der Waals surface area contributed by atoms with Gasteiger partial charge in [-0.25, -0.2) is 0 Å². The summed E-state index contributed by atoms with van der Waals surface area (Å²) in [6.07, 6.45) is 0. The van der Waals surface area contributed by atoms with E-state index in [2.05, 4.69) is 30.1 Å². The minimum atomic E-state index is 0.526. The molecule has 1 N–H and O–H groups in total. The predicted octanol–water partition coefficient (Wildman–Crippen LogP) is 2.34. The van der Waals surface area contributed by atoms with E-state index in [0.29, 0.717) is 6.04 Å². The van der Waals surface area contributed by atoms with Crippen LogP contribution < -0.4 is 15.0 Å². The number of ether oxygens (including phenoxy) is 1. The van der Waals surface area contributed by atoms with Gasteiger partial charge in [-0.1, -0.05) is 6.07 Å². The number of benzene rings is 1. The van der Waals surface area contributed by atoms with Crippen LogP contribution >= 0.6 is 0 Å². The Kier molecular flexibility index (Phi) is 2.71. The summed E-state index contributed by atoms with van der Waals surface area (Å²) < 4.78 is 5.35. The number of rotatable bonds is 2. The zero-order valence-corrected chi connectivity index (χ0v) is 9.58. The second-order valence-corrected chi connectivity index (χ2v) is 4.07. The molecule has 0 unspecified atom stereocenters. The normalized spacial score (nSPS) is 14.8. The third-order valence-corrected chi connectivity index (χ3v) is 2.81. The maximum atomic E-state index is 5.35. The van der Waals surface area contributed by atoms with Crippen molar-refractivity contribution in [3.05, 3.63) is 18.2 Å². The average Bonchev–Trinajstić information content (AvgIpc) is 2.27. The summed E-state index contributed by atoms with van der Waals surface area (Å²) in [5.74, 6) is 0.929. The Morgan fingerprint density at radius 1 is 1.40 bits per heavy atom. The van der Waals surface area contributed by atoms with E-state index in [4.69, 9.17) is 4.74 Å². The molecule has 1 aromatic carbocycles. The highest BCUT2D eigenvalue weighted by Gasteiger charge is 2.20. The van der Waals surface area contributed by atoms with Gasteiger partial charge >= 0.3 is 0 Å². The van der Waals surface area contributed by atoms with Gasteiger partial charge in [-0.2, -0.15) is 0 Å². The molecular formula is C12H18N2O. The molecule has 0 atom stereocenters. The van der Waals surface area contributed by atoms with Gasteiger partial charge < -0.3 is 15.0 Å². The minimum absolute atomic E-state index is 0.526. The minimum Gasteiger partial charge on any atom is -0.495 e. The van der Waals surface area contributed by atoms with Gasteiger partial charge in [0.05, 0.1) is 12.8 Å². The van der Waals surface area contributed by atoms with E-state index in [1.807, 2.05) is 12.1 Å². The van der Waals surface area contributed by atoms with E-state index >= 15 is 0 Å². The van der Waals surface area contributed by atoms with E-state index in [-0.39, 0.29) is 0 Å². The number of nitrogens with one attached hydrogen (secondary N) is 1. The van der Waals surface area contributed by atoms with E-state index in [1.165, 1.54) is 5.69 Å². The van der Waals surface area contributed by atoms with Crippen LogP contribution in [0.25, 0.3) is 0 Å². The lowest BCUT2D eigenvalue weighted by molar-refractivity contribution is 0.416. The number of fused-ring (bicyclic) bond motifs is 1. The lowest BCUT2D eigenvalue weighted by Gasteiger charge is -2.35. The smallest absolute Gasteiger partial charge is 0.144 e. The van der Waals surface area contributed by atoms with E-state index in [1.54, 1.807) is 7.11 Å². The molecule has 0 spiro atoms. The highest BCUT2D eigenvalue weighted by molar-refractivity contribution is 5.78. The Balaban J connectivity index is 2.44. The summed E-state index contributed by atoms with van der Waals surface area (Å²) in [4.78, 5) is 2.40. The van der Waals surface area contributed by atoms with Gasteiger partial charge in [0.1, 0.15) is 11.4 Å². The molecular weight excluding hydrogens is 188 g/mol. The Labute approximate surface area is 91.0 Å². The van der Waals surface area contributed by atoms with Crippen molar-refractivity contribution in [2.24, 2.45) is 0 Å². The van der Waals surface area contributed by atoms with Crippen LogP contribution in [0.1, 0.15) is 13.8 Å². The zero-order chi connectivity index (χ0) is 10.8. The van der Waals surface area contributed by atoms with Crippen molar-refractivity contribution >= 4 is 11.4 Å². The molecule has 3 nitrogen and oxygen atoms in total. The molecule has 0 saturated carbocycles. The van der Waals surface area contributed by atoms with Gasteiger partial charge in [0, 0.05) is 19.1 Å². The zero-order valence-electron chi connectivity index (χ0n) is 9.58. The number of nitrogens with zero attached hydrogens (tertiary/aromatic N) is 1. The molecule has 3 heteroatoms. The fourth-order valence-corrected chi connectivity index (χ4v) is 2.06. The molecule has 0 aliphatic carbocycles. The van der Waals surface area contributed by atoms with Gasteiger partial charge in [-0.05, 0) is 26.0 Å². The lowest BCUT2D eigenvalue weighted by atomic mass is 10.1. The Morgan fingerprint density at radius 2 is 2.20 bits per heavy atom. The summed E-state index contributed by atoms with van der Waals surface area (Å²) in [5.41, 5.74) is 2.37. The fraction of sp³-hybridized carbons (Fsp3) is 0.500. The van der Waals surface area contributed by atoms with Crippen molar-refractivity contribution in [2.45, 2.75) is 19.9 Å². The van der Waals surface area contributed by atoms with Crippen molar-refractivity contribution < 1.29 is 4.74 Å². The molecule has 1 aromatic rings. The molecule has 82 valence electrons. The summed E-state index contributed by atoms with van der Waals surface area (Å²) in [6, 6.07) is 6.71.